The third-order valence-electron chi connectivity index (χ3n) is 5.45. The van der Waals surface area contributed by atoms with Gasteiger partial charge < -0.3 is 9.88 Å². The molecule has 1 amide bonds. The number of benzene rings is 2. The first kappa shape index (κ1) is 18.1. The number of rotatable bonds is 6. The summed E-state index contributed by atoms with van der Waals surface area (Å²) in [5.74, 6) is 0.640. The zero-order valence-electron chi connectivity index (χ0n) is 16.2. The number of H-pyrrole nitrogens is 1. The molecule has 0 aliphatic heterocycles. The van der Waals surface area contributed by atoms with Crippen molar-refractivity contribution >= 4 is 28.5 Å². The van der Waals surface area contributed by atoms with Crippen LogP contribution in [-0.2, 0) is 20.1 Å². The largest absolute Gasteiger partial charge is 0.347 e. The van der Waals surface area contributed by atoms with Gasteiger partial charge in [-0.15, -0.1) is 0 Å². The van der Waals surface area contributed by atoms with Crippen LogP contribution in [0.15, 0.2) is 48.9 Å². The monoisotopic (exact) mass is 407 g/mol. The highest BCUT2D eigenvalue weighted by molar-refractivity contribution is 6.37. The number of hydrogen-bond acceptors (Lipinski definition) is 2. The molecule has 0 saturated heterocycles. The Morgan fingerprint density at radius 2 is 2.03 bits per heavy atom. The van der Waals surface area contributed by atoms with Crippen molar-refractivity contribution in [2.75, 3.05) is 0 Å². The van der Waals surface area contributed by atoms with Crippen LogP contribution >= 0.6 is 11.6 Å². The molecule has 1 fully saturated rings. The molecule has 7 heteroatoms. The fraction of sp³-hybridized carbons (Fsp3) is 0.273. The zero-order valence-corrected chi connectivity index (χ0v) is 16.9. The molecular formula is C22H22ClN5O. The van der Waals surface area contributed by atoms with Crippen molar-refractivity contribution in [2.24, 2.45) is 13.0 Å². The highest BCUT2D eigenvalue weighted by Crippen LogP contribution is 2.37. The molecule has 0 radical (unpaired) electrons. The highest BCUT2D eigenvalue weighted by Gasteiger charge is 2.24. The van der Waals surface area contributed by atoms with Crippen LogP contribution in [0.1, 0.15) is 28.9 Å². The number of aryl methyl sites for hydroxylation is 1. The normalized spacial score (nSPS) is 13.9. The molecular weight excluding hydrogens is 386 g/mol. The van der Waals surface area contributed by atoms with Crippen molar-refractivity contribution in [3.8, 4) is 11.1 Å². The lowest BCUT2D eigenvalue weighted by Gasteiger charge is -2.19. The van der Waals surface area contributed by atoms with E-state index in [1.54, 1.807) is 17.1 Å². The summed E-state index contributed by atoms with van der Waals surface area (Å²) in [6, 6.07) is 12.3. The molecule has 2 heterocycles. The minimum atomic E-state index is -0.179. The zero-order chi connectivity index (χ0) is 20.0. The maximum absolute atomic E-state index is 12.1. The van der Waals surface area contributed by atoms with Crippen LogP contribution in [0.25, 0.3) is 22.2 Å². The second kappa shape index (κ2) is 7.12. The van der Waals surface area contributed by atoms with Crippen LogP contribution in [0, 0.1) is 5.92 Å². The first-order valence-corrected chi connectivity index (χ1v) is 10.2. The Morgan fingerprint density at radius 1 is 1.24 bits per heavy atom. The van der Waals surface area contributed by atoms with Crippen LogP contribution < -0.4 is 5.32 Å². The maximum Gasteiger partial charge on any atom is 0.271 e. The Balaban J connectivity index is 1.28. The second-order valence-corrected chi connectivity index (χ2v) is 8.17. The molecule has 0 unspecified atom stereocenters. The van der Waals surface area contributed by atoms with E-state index in [-0.39, 0.29) is 5.91 Å². The summed E-state index contributed by atoms with van der Waals surface area (Å²) in [5, 5.41) is 7.03. The predicted molar refractivity (Wildman–Crippen MR) is 114 cm³/mol. The SMILES string of the molecule is Cn1cnc(C(=O)NCc2ccc(-c3ccc4c([nH]n4CC4CC4)c3Cl)cc2)c1. The van der Waals surface area contributed by atoms with Gasteiger partial charge in [0.2, 0.25) is 0 Å². The number of fused-ring (bicyclic) bond motifs is 1. The maximum atomic E-state index is 12.1. The van der Waals surface area contributed by atoms with Gasteiger partial charge in [0, 0.05) is 31.9 Å². The van der Waals surface area contributed by atoms with Crippen molar-refractivity contribution in [1.82, 2.24) is 24.6 Å². The number of nitrogens with zero attached hydrogens (tertiary/aromatic N) is 3. The Bertz CT molecular complexity index is 1180. The summed E-state index contributed by atoms with van der Waals surface area (Å²) in [7, 11) is 1.84. The number of aromatic amines is 1. The third kappa shape index (κ3) is 3.56. The lowest BCUT2D eigenvalue weighted by molar-refractivity contribution is 0.0946. The van der Waals surface area contributed by atoms with Crippen LogP contribution in [0.3, 0.4) is 0 Å². The van der Waals surface area contributed by atoms with Gasteiger partial charge >= 0.3 is 0 Å². The third-order valence-corrected chi connectivity index (χ3v) is 5.84. The number of aromatic nitrogens is 4. The smallest absolute Gasteiger partial charge is 0.271 e. The molecule has 1 aliphatic carbocycles. The standard InChI is InChI=1S/C22H22ClN5O/c1-27-12-18(25-13-27)22(29)24-10-14-4-6-16(7-5-14)17-8-9-19-21(20(17)23)26-28(19)11-15-2-3-15/h4-9,12-13,15,26H,2-3,10-11H2,1H3,(H,24,29). The number of imidazole rings is 1. The van der Waals surface area contributed by atoms with E-state index in [9.17, 15) is 4.79 Å². The minimum absolute atomic E-state index is 0.179. The van der Waals surface area contributed by atoms with Crippen molar-refractivity contribution in [3.05, 3.63) is 65.2 Å². The van der Waals surface area contributed by atoms with Crippen LogP contribution in [0.4, 0.5) is 0 Å². The predicted octanol–water partition coefficient (Wildman–Crippen LogP) is 4.36. The van der Waals surface area contributed by atoms with Gasteiger partial charge in [-0.2, -0.15) is 0 Å². The quantitative estimate of drug-likeness (QED) is 0.498. The van der Waals surface area contributed by atoms with Gasteiger partial charge in [-0.25, -0.2) is 4.98 Å². The van der Waals surface area contributed by atoms with E-state index < -0.39 is 0 Å². The summed E-state index contributed by atoms with van der Waals surface area (Å²) in [6.07, 6.45) is 5.97. The molecule has 148 valence electrons. The van der Waals surface area contributed by atoms with Gasteiger partial charge in [-0.3, -0.25) is 14.6 Å². The molecule has 0 atom stereocenters. The van der Waals surface area contributed by atoms with E-state index in [1.165, 1.54) is 18.4 Å². The van der Waals surface area contributed by atoms with Crippen molar-refractivity contribution < 1.29 is 4.79 Å². The van der Waals surface area contributed by atoms with Gasteiger partial charge in [0.25, 0.3) is 5.91 Å². The molecule has 5 rings (SSSR count). The first-order valence-electron chi connectivity index (χ1n) is 9.80. The first-order chi connectivity index (χ1) is 14.1. The summed E-state index contributed by atoms with van der Waals surface area (Å²) >= 11 is 6.66. The van der Waals surface area contributed by atoms with Crippen molar-refractivity contribution in [3.63, 3.8) is 0 Å². The Hall–Kier alpha value is -2.99. The van der Waals surface area contributed by atoms with E-state index in [4.69, 9.17) is 11.6 Å². The Morgan fingerprint density at radius 3 is 2.72 bits per heavy atom. The Labute approximate surface area is 173 Å². The summed E-state index contributed by atoms with van der Waals surface area (Å²) in [4.78, 5) is 16.2. The number of halogens is 1. The van der Waals surface area contributed by atoms with Gasteiger partial charge in [-0.1, -0.05) is 41.9 Å². The molecule has 1 saturated carbocycles. The van der Waals surface area contributed by atoms with E-state index in [2.05, 4.69) is 32.2 Å². The summed E-state index contributed by atoms with van der Waals surface area (Å²) in [5.41, 5.74) is 5.69. The number of amides is 1. The van der Waals surface area contributed by atoms with E-state index >= 15 is 0 Å². The molecule has 1 aliphatic rings. The number of hydrogen-bond donors (Lipinski definition) is 2. The molecule has 6 nitrogen and oxygen atoms in total. The molecule has 2 aromatic carbocycles. The molecule has 0 bridgehead atoms. The minimum Gasteiger partial charge on any atom is -0.347 e. The lowest BCUT2D eigenvalue weighted by atomic mass is 10.0. The average Bonchev–Trinajstić information content (AvgIpc) is 3.43. The van der Waals surface area contributed by atoms with Crippen LogP contribution in [0.5, 0.6) is 0 Å². The van der Waals surface area contributed by atoms with Crippen molar-refractivity contribution in [1.29, 1.82) is 0 Å². The fourth-order valence-electron chi connectivity index (χ4n) is 3.57. The number of nitrogens with one attached hydrogen (secondary N) is 2. The molecule has 29 heavy (non-hydrogen) atoms. The van der Waals surface area contributed by atoms with Gasteiger partial charge in [0.15, 0.2) is 0 Å². The molecule has 2 aromatic heterocycles. The Kier molecular flexibility index (Phi) is 4.43. The van der Waals surface area contributed by atoms with E-state index in [1.807, 2.05) is 31.3 Å². The molecule has 2 N–H and O–H groups in total. The number of carbonyl (C=O) groups is 1. The molecule has 4 aromatic rings. The summed E-state index contributed by atoms with van der Waals surface area (Å²) < 4.78 is 3.94. The molecule has 0 spiro atoms. The lowest BCUT2D eigenvalue weighted by Crippen LogP contribution is -2.23. The average molecular weight is 408 g/mol. The highest BCUT2D eigenvalue weighted by atomic mass is 35.5. The summed E-state index contributed by atoms with van der Waals surface area (Å²) in [6.45, 7) is 1.51. The fourth-order valence-corrected chi connectivity index (χ4v) is 3.88. The van der Waals surface area contributed by atoms with Crippen LogP contribution in [0.2, 0.25) is 5.02 Å². The van der Waals surface area contributed by atoms with E-state index in [0.717, 1.165) is 39.7 Å². The van der Waals surface area contributed by atoms with Gasteiger partial charge in [-0.05, 0) is 36.0 Å². The second-order valence-electron chi connectivity index (χ2n) is 7.79. The van der Waals surface area contributed by atoms with Crippen molar-refractivity contribution in [2.45, 2.75) is 25.9 Å². The topological polar surface area (TPSA) is 67.6 Å². The van der Waals surface area contributed by atoms with E-state index in [0.29, 0.717) is 12.2 Å². The van der Waals surface area contributed by atoms with Gasteiger partial charge in [0.1, 0.15) is 5.69 Å². The van der Waals surface area contributed by atoms with Gasteiger partial charge in [0.05, 0.1) is 22.4 Å². The number of carbonyl (C=O) groups excluding carboxylic acids is 1. The van der Waals surface area contributed by atoms with Crippen LogP contribution in [-0.4, -0.2) is 25.2 Å².